The maximum atomic E-state index is 12.1. The summed E-state index contributed by atoms with van der Waals surface area (Å²) < 4.78 is 70.9. The molecule has 0 aliphatic rings. The largest absolute Gasteiger partial charge is 1.00 e. The van der Waals surface area contributed by atoms with Gasteiger partial charge in [-0.05, 0) is 9.12 Å². The van der Waals surface area contributed by atoms with Gasteiger partial charge in [-0.25, -0.2) is 0 Å². The van der Waals surface area contributed by atoms with Gasteiger partial charge in [0, 0.05) is 6.42 Å². The summed E-state index contributed by atoms with van der Waals surface area (Å²) in [6.45, 7) is 1.76. The van der Waals surface area contributed by atoms with Crippen molar-refractivity contribution in [2.45, 2.75) is 96.8 Å². The number of hydrogen-bond donors (Lipinski definition) is 0. The van der Waals surface area contributed by atoms with E-state index in [4.69, 9.17) is 0 Å². The van der Waals surface area contributed by atoms with Gasteiger partial charge in [0.25, 0.3) is 0 Å². The summed E-state index contributed by atoms with van der Waals surface area (Å²) in [4.78, 5) is 0. The number of halogens is 1. The topological polar surface area (TPSA) is 102 Å². The van der Waals surface area contributed by atoms with Crippen LogP contribution >= 0.6 is 0 Å². The molecular formula is C19H42ClNO6S3. The molecule has 0 unspecified atom stereocenters. The maximum Gasteiger partial charge on any atom is 0.323 e. The van der Waals surface area contributed by atoms with E-state index in [1.807, 2.05) is 0 Å². The molecule has 0 aliphatic carbocycles. The summed E-state index contributed by atoms with van der Waals surface area (Å²) >= 11 is 0. The highest BCUT2D eigenvalue weighted by atomic mass is 35.5. The third-order valence-corrected chi connectivity index (χ3v) is 13.8. The van der Waals surface area contributed by atoms with Crippen LogP contribution in [0.25, 0.3) is 0 Å². The maximum absolute atomic E-state index is 12.1. The normalized spacial score (nSPS) is 13.2. The van der Waals surface area contributed by atoms with E-state index in [1.54, 1.807) is 0 Å². The zero-order chi connectivity index (χ0) is 22.6. The van der Waals surface area contributed by atoms with Crippen LogP contribution in [-0.4, -0.2) is 53.3 Å². The Kier molecular flexibility index (Phi) is 16.2. The van der Waals surface area contributed by atoms with Gasteiger partial charge in [0.15, 0.2) is 0 Å². The third-order valence-electron chi connectivity index (χ3n) is 5.30. The summed E-state index contributed by atoms with van der Waals surface area (Å²) in [6.07, 6.45) is 17.3. The fourth-order valence-corrected chi connectivity index (χ4v) is 11.0. The first-order valence-corrected chi connectivity index (χ1v) is 16.3. The van der Waals surface area contributed by atoms with Gasteiger partial charge in [-0.2, -0.15) is 25.3 Å². The minimum Gasteiger partial charge on any atom is -1.00 e. The van der Waals surface area contributed by atoms with Gasteiger partial charge in [0.05, 0.1) is 18.8 Å². The van der Waals surface area contributed by atoms with Crippen molar-refractivity contribution >= 4 is 30.1 Å². The zero-order valence-electron chi connectivity index (χ0n) is 19.1. The second-order valence-corrected chi connectivity index (χ2v) is 15.1. The Morgan fingerprint density at radius 3 is 0.933 bits per heavy atom. The predicted molar refractivity (Wildman–Crippen MR) is 120 cm³/mol. The number of hydrogen-bond acceptors (Lipinski definition) is 6. The Balaban J connectivity index is 0. The van der Waals surface area contributed by atoms with E-state index in [9.17, 15) is 25.3 Å². The summed E-state index contributed by atoms with van der Waals surface area (Å²) in [5.41, 5.74) is 0. The standard InChI is InChI=1S/C19H42NO6S3.ClH/c1-5-6-7-8-9-10-11-12-13-14-15-16-17-18-19-20(27(2,21)22,28(3,23)24)29(4,25)26;/h5-19H2,1-4H3;1H/q+1;/p-1. The minimum absolute atomic E-state index is 0. The monoisotopic (exact) mass is 511 g/mol. The average Bonchev–Trinajstić information content (AvgIpc) is 2.54. The average molecular weight is 512 g/mol. The van der Waals surface area contributed by atoms with Crippen LogP contribution in [0, 0.1) is 0 Å². The van der Waals surface area contributed by atoms with Gasteiger partial charge >= 0.3 is 30.1 Å². The van der Waals surface area contributed by atoms with Crippen LogP contribution in [0.1, 0.15) is 96.8 Å². The van der Waals surface area contributed by atoms with E-state index in [2.05, 4.69) is 6.92 Å². The van der Waals surface area contributed by atoms with Crippen LogP contribution in [0.4, 0.5) is 0 Å². The quantitative estimate of drug-likeness (QED) is 0.202. The fourth-order valence-electron chi connectivity index (χ4n) is 3.74. The molecule has 0 atom stereocenters. The Bertz CT molecular complexity index is 685. The lowest BCUT2D eigenvalue weighted by Crippen LogP contribution is -3.00. The summed E-state index contributed by atoms with van der Waals surface area (Å²) in [5, 5.41) is 0. The molecule has 0 heterocycles. The first kappa shape index (κ1) is 32.3. The van der Waals surface area contributed by atoms with Crippen molar-refractivity contribution in [2.75, 3.05) is 25.3 Å². The first-order valence-electron chi connectivity index (χ1n) is 10.8. The highest BCUT2D eigenvalue weighted by Gasteiger charge is 2.56. The highest BCUT2D eigenvalue weighted by Crippen LogP contribution is 2.27. The molecule has 0 N–H and O–H groups in total. The molecule has 0 radical (unpaired) electrons. The zero-order valence-corrected chi connectivity index (χ0v) is 22.3. The summed E-state index contributed by atoms with van der Waals surface area (Å²) in [7, 11) is -13.2. The smallest absolute Gasteiger partial charge is 0.323 e. The molecule has 11 heteroatoms. The molecule has 0 saturated heterocycles. The Labute approximate surface area is 192 Å². The van der Waals surface area contributed by atoms with E-state index < -0.39 is 39.3 Å². The second kappa shape index (κ2) is 15.0. The van der Waals surface area contributed by atoms with E-state index in [-0.39, 0.29) is 18.8 Å². The van der Waals surface area contributed by atoms with Crippen molar-refractivity contribution in [3.8, 4) is 0 Å². The van der Waals surface area contributed by atoms with Gasteiger partial charge < -0.3 is 12.4 Å². The number of sulfonamides is 3. The fraction of sp³-hybridized carbons (Fsp3) is 1.00. The number of unbranched alkanes of at least 4 members (excludes halogenated alkanes) is 13. The highest BCUT2D eigenvalue weighted by molar-refractivity contribution is 8.09. The van der Waals surface area contributed by atoms with Gasteiger partial charge in [0.2, 0.25) is 0 Å². The van der Waals surface area contributed by atoms with E-state index in [0.29, 0.717) is 25.2 Å². The number of rotatable bonds is 18. The van der Waals surface area contributed by atoms with E-state index in [0.717, 1.165) is 19.3 Å². The van der Waals surface area contributed by atoms with Gasteiger partial charge in [0.1, 0.15) is 6.54 Å². The molecule has 0 aromatic heterocycles. The van der Waals surface area contributed by atoms with Gasteiger partial charge in [-0.1, -0.05) is 84.0 Å². The molecule has 0 aromatic carbocycles. The molecule has 0 rings (SSSR count). The molecular weight excluding hydrogens is 470 g/mol. The molecule has 0 spiro atoms. The van der Waals surface area contributed by atoms with Crippen molar-refractivity contribution in [3.05, 3.63) is 0 Å². The van der Waals surface area contributed by atoms with Crippen LogP contribution in [0.5, 0.6) is 0 Å². The van der Waals surface area contributed by atoms with Crippen molar-refractivity contribution in [3.63, 3.8) is 0 Å². The molecule has 0 fully saturated rings. The molecule has 0 bridgehead atoms. The molecule has 0 amide bonds. The number of quaternary nitrogens is 1. The Hall–Kier alpha value is 0.1000. The predicted octanol–water partition coefficient (Wildman–Crippen LogP) is 1.17. The van der Waals surface area contributed by atoms with Gasteiger partial charge in [-0.15, -0.1) is 0 Å². The Morgan fingerprint density at radius 2 is 0.700 bits per heavy atom. The van der Waals surface area contributed by atoms with Crippen molar-refractivity contribution in [1.29, 1.82) is 0 Å². The lowest BCUT2D eigenvalue weighted by atomic mass is 10.0. The first-order chi connectivity index (χ1) is 13.3. The van der Waals surface area contributed by atoms with Crippen molar-refractivity contribution < 1.29 is 40.4 Å². The van der Waals surface area contributed by atoms with Crippen molar-refractivity contribution in [2.24, 2.45) is 0 Å². The number of nitrogens with zero attached hydrogens (tertiary/aromatic N) is 1. The van der Waals surface area contributed by atoms with Crippen LogP contribution in [0.2, 0.25) is 0 Å². The lowest BCUT2D eigenvalue weighted by Gasteiger charge is -2.29. The van der Waals surface area contributed by atoms with Crippen LogP contribution in [0.15, 0.2) is 0 Å². The van der Waals surface area contributed by atoms with Crippen LogP contribution in [0.3, 0.4) is 0 Å². The van der Waals surface area contributed by atoms with Crippen LogP contribution < -0.4 is 12.4 Å². The SMILES string of the molecule is CCCCCCCCCCCCCCCC[N+](S(C)(=O)=O)(S(C)(=O)=O)S(C)(=O)=O.[Cl-]. The summed E-state index contributed by atoms with van der Waals surface area (Å²) in [6, 6.07) is 0. The van der Waals surface area contributed by atoms with Crippen LogP contribution in [-0.2, 0) is 30.1 Å². The van der Waals surface area contributed by atoms with E-state index in [1.165, 1.54) is 57.8 Å². The van der Waals surface area contributed by atoms with E-state index >= 15 is 0 Å². The minimum atomic E-state index is -4.40. The molecule has 0 saturated carbocycles. The van der Waals surface area contributed by atoms with Gasteiger partial charge in [-0.3, -0.25) is 0 Å². The molecule has 30 heavy (non-hydrogen) atoms. The molecule has 0 aromatic rings. The Morgan fingerprint density at radius 1 is 0.467 bits per heavy atom. The lowest BCUT2D eigenvalue weighted by molar-refractivity contribution is -0.523. The van der Waals surface area contributed by atoms with Crippen molar-refractivity contribution in [1.82, 2.24) is 0 Å². The molecule has 7 nitrogen and oxygen atoms in total. The second-order valence-electron chi connectivity index (χ2n) is 8.13. The summed E-state index contributed by atoms with van der Waals surface area (Å²) in [5.74, 6) is 0. The third kappa shape index (κ3) is 10.6. The molecule has 184 valence electrons. The molecule has 0 aliphatic heterocycles.